The maximum Gasteiger partial charge on any atom is 0.328 e. The molecule has 1 amide bonds. The highest BCUT2D eigenvalue weighted by Gasteiger charge is 2.23. The van der Waals surface area contributed by atoms with Crippen LogP contribution in [0.5, 0.6) is 0 Å². The summed E-state index contributed by atoms with van der Waals surface area (Å²) in [4.78, 5) is 27.2. The summed E-state index contributed by atoms with van der Waals surface area (Å²) in [6.45, 7) is 5.98. The van der Waals surface area contributed by atoms with E-state index in [9.17, 15) is 9.59 Å². The molecule has 0 saturated carbocycles. The van der Waals surface area contributed by atoms with Crippen molar-refractivity contribution in [1.29, 1.82) is 0 Å². The molecule has 2 N–H and O–H groups in total. The van der Waals surface area contributed by atoms with E-state index in [4.69, 9.17) is 4.74 Å². The SMILES string of the molecule is COC(=O)C(CC(C)C)NC(=O)c1cc2ccc(C)cc2[nH]1. The predicted octanol–water partition coefficient (Wildman–Crippen LogP) is 2.79. The van der Waals surface area contributed by atoms with Crippen LogP contribution in [-0.2, 0) is 9.53 Å². The van der Waals surface area contributed by atoms with E-state index in [0.29, 0.717) is 12.1 Å². The molecule has 2 aromatic rings. The van der Waals surface area contributed by atoms with Gasteiger partial charge in [0, 0.05) is 10.9 Å². The monoisotopic (exact) mass is 302 g/mol. The molecule has 1 heterocycles. The first-order valence-electron chi connectivity index (χ1n) is 7.38. The Morgan fingerprint density at radius 1 is 1.27 bits per heavy atom. The van der Waals surface area contributed by atoms with Crippen molar-refractivity contribution in [1.82, 2.24) is 10.3 Å². The highest BCUT2D eigenvalue weighted by atomic mass is 16.5. The number of H-pyrrole nitrogens is 1. The van der Waals surface area contributed by atoms with Crippen LogP contribution in [0.3, 0.4) is 0 Å². The zero-order valence-corrected chi connectivity index (χ0v) is 13.4. The highest BCUT2D eigenvalue weighted by molar-refractivity contribution is 5.99. The number of aromatic amines is 1. The number of nitrogens with one attached hydrogen (secondary N) is 2. The van der Waals surface area contributed by atoms with Crippen molar-refractivity contribution in [3.05, 3.63) is 35.5 Å². The molecule has 22 heavy (non-hydrogen) atoms. The van der Waals surface area contributed by atoms with E-state index in [1.807, 2.05) is 39.0 Å². The number of hydrogen-bond acceptors (Lipinski definition) is 3. The minimum Gasteiger partial charge on any atom is -0.467 e. The Labute approximate surface area is 130 Å². The fraction of sp³-hybridized carbons (Fsp3) is 0.412. The molecule has 1 aromatic carbocycles. The van der Waals surface area contributed by atoms with Crippen LogP contribution in [0.15, 0.2) is 24.3 Å². The zero-order valence-electron chi connectivity index (χ0n) is 13.4. The first-order chi connectivity index (χ1) is 10.4. The van der Waals surface area contributed by atoms with Crippen molar-refractivity contribution >= 4 is 22.8 Å². The number of methoxy groups -OCH3 is 1. The average molecular weight is 302 g/mol. The standard InChI is InChI=1S/C17H22N2O3/c1-10(2)7-15(17(21)22-4)19-16(20)14-9-12-6-5-11(3)8-13(12)18-14/h5-6,8-10,15,18H,7H2,1-4H3,(H,19,20). The molecular formula is C17H22N2O3. The number of aryl methyl sites for hydroxylation is 1. The van der Waals surface area contributed by atoms with Crippen LogP contribution in [-0.4, -0.2) is 30.0 Å². The van der Waals surface area contributed by atoms with Crippen molar-refractivity contribution in [2.75, 3.05) is 7.11 Å². The summed E-state index contributed by atoms with van der Waals surface area (Å²) >= 11 is 0. The van der Waals surface area contributed by atoms with E-state index < -0.39 is 12.0 Å². The molecule has 118 valence electrons. The first-order valence-corrected chi connectivity index (χ1v) is 7.38. The van der Waals surface area contributed by atoms with Gasteiger partial charge < -0.3 is 15.0 Å². The molecule has 0 aliphatic heterocycles. The van der Waals surface area contributed by atoms with E-state index in [1.54, 1.807) is 6.07 Å². The zero-order chi connectivity index (χ0) is 16.3. The molecule has 0 radical (unpaired) electrons. The molecule has 0 bridgehead atoms. The van der Waals surface area contributed by atoms with Gasteiger partial charge in [-0.2, -0.15) is 0 Å². The molecule has 5 nitrogen and oxygen atoms in total. The molecule has 0 aliphatic rings. The predicted molar refractivity (Wildman–Crippen MR) is 85.8 cm³/mol. The second-order valence-electron chi connectivity index (χ2n) is 5.95. The Balaban J connectivity index is 2.19. The Bertz CT molecular complexity index is 688. The van der Waals surface area contributed by atoms with Crippen molar-refractivity contribution in [2.45, 2.75) is 33.2 Å². The van der Waals surface area contributed by atoms with Gasteiger partial charge in [-0.3, -0.25) is 4.79 Å². The van der Waals surface area contributed by atoms with Gasteiger partial charge >= 0.3 is 5.97 Å². The number of rotatable bonds is 5. The smallest absolute Gasteiger partial charge is 0.328 e. The van der Waals surface area contributed by atoms with Crippen LogP contribution < -0.4 is 5.32 Å². The van der Waals surface area contributed by atoms with Crippen molar-refractivity contribution < 1.29 is 14.3 Å². The van der Waals surface area contributed by atoms with E-state index in [1.165, 1.54) is 7.11 Å². The Morgan fingerprint density at radius 3 is 2.64 bits per heavy atom. The third-order valence-corrected chi connectivity index (χ3v) is 3.52. The molecule has 0 fully saturated rings. The van der Waals surface area contributed by atoms with Gasteiger partial charge in [-0.15, -0.1) is 0 Å². The number of benzene rings is 1. The lowest BCUT2D eigenvalue weighted by Crippen LogP contribution is -2.42. The van der Waals surface area contributed by atoms with Gasteiger partial charge in [-0.25, -0.2) is 4.79 Å². The number of carbonyl (C=O) groups is 2. The van der Waals surface area contributed by atoms with Gasteiger partial charge in [-0.1, -0.05) is 26.0 Å². The maximum absolute atomic E-state index is 12.4. The minimum absolute atomic E-state index is 0.273. The second kappa shape index (κ2) is 6.64. The van der Waals surface area contributed by atoms with E-state index in [2.05, 4.69) is 10.3 Å². The summed E-state index contributed by atoms with van der Waals surface area (Å²) in [6, 6.07) is 7.09. The van der Waals surface area contributed by atoms with Crippen LogP contribution in [0, 0.1) is 12.8 Å². The van der Waals surface area contributed by atoms with E-state index >= 15 is 0 Å². The number of hydrogen-bond donors (Lipinski definition) is 2. The highest BCUT2D eigenvalue weighted by Crippen LogP contribution is 2.17. The molecule has 0 spiro atoms. The largest absolute Gasteiger partial charge is 0.467 e. The van der Waals surface area contributed by atoms with Gasteiger partial charge in [-0.05, 0) is 37.0 Å². The molecule has 1 aromatic heterocycles. The summed E-state index contributed by atoms with van der Waals surface area (Å²) < 4.78 is 4.76. The third-order valence-electron chi connectivity index (χ3n) is 3.52. The molecule has 1 unspecified atom stereocenters. The fourth-order valence-corrected chi connectivity index (χ4v) is 2.43. The lowest BCUT2D eigenvalue weighted by atomic mass is 10.0. The Hall–Kier alpha value is -2.30. The van der Waals surface area contributed by atoms with Gasteiger partial charge in [0.25, 0.3) is 5.91 Å². The molecule has 2 rings (SSSR count). The number of carbonyl (C=O) groups excluding carboxylic acids is 2. The third kappa shape index (κ3) is 3.67. The summed E-state index contributed by atoms with van der Waals surface area (Å²) in [5.74, 6) is -0.450. The van der Waals surface area contributed by atoms with Crippen molar-refractivity contribution in [3.8, 4) is 0 Å². The Morgan fingerprint density at radius 2 is 2.00 bits per heavy atom. The topological polar surface area (TPSA) is 71.2 Å². The lowest BCUT2D eigenvalue weighted by Gasteiger charge is -2.17. The average Bonchev–Trinajstić information content (AvgIpc) is 2.88. The molecule has 5 heteroatoms. The molecular weight excluding hydrogens is 280 g/mol. The summed E-state index contributed by atoms with van der Waals surface area (Å²) in [5, 5.41) is 3.71. The van der Waals surface area contributed by atoms with E-state index in [-0.39, 0.29) is 11.8 Å². The fourth-order valence-electron chi connectivity index (χ4n) is 2.43. The number of fused-ring (bicyclic) bond motifs is 1. The van der Waals surface area contributed by atoms with Gasteiger partial charge in [0.15, 0.2) is 0 Å². The number of ether oxygens (including phenoxy) is 1. The number of esters is 1. The van der Waals surface area contributed by atoms with Crippen LogP contribution in [0.25, 0.3) is 10.9 Å². The second-order valence-corrected chi connectivity index (χ2v) is 5.95. The van der Waals surface area contributed by atoms with Crippen molar-refractivity contribution in [2.24, 2.45) is 5.92 Å². The van der Waals surface area contributed by atoms with Gasteiger partial charge in [0.1, 0.15) is 11.7 Å². The summed E-state index contributed by atoms with van der Waals surface area (Å²) in [6.07, 6.45) is 0.539. The molecule has 1 atom stereocenters. The minimum atomic E-state index is -0.634. The van der Waals surface area contributed by atoms with Crippen LogP contribution >= 0.6 is 0 Å². The summed E-state index contributed by atoms with van der Waals surface area (Å²) in [7, 11) is 1.33. The van der Waals surface area contributed by atoms with Crippen LogP contribution in [0.1, 0.15) is 36.3 Å². The number of aromatic nitrogens is 1. The normalized spacial score (nSPS) is 12.4. The van der Waals surface area contributed by atoms with Gasteiger partial charge in [0.2, 0.25) is 0 Å². The molecule has 0 aliphatic carbocycles. The Kier molecular flexibility index (Phi) is 4.85. The lowest BCUT2D eigenvalue weighted by molar-refractivity contribution is -0.143. The first kappa shape index (κ1) is 16.1. The van der Waals surface area contributed by atoms with Crippen LogP contribution in [0.2, 0.25) is 0 Å². The maximum atomic E-state index is 12.4. The quantitative estimate of drug-likeness (QED) is 0.834. The van der Waals surface area contributed by atoms with Crippen LogP contribution in [0.4, 0.5) is 0 Å². The van der Waals surface area contributed by atoms with Gasteiger partial charge in [0.05, 0.1) is 7.11 Å². The molecule has 0 saturated heterocycles. The van der Waals surface area contributed by atoms with Crippen molar-refractivity contribution in [3.63, 3.8) is 0 Å². The van der Waals surface area contributed by atoms with E-state index in [0.717, 1.165) is 16.5 Å². The number of amides is 1. The summed E-state index contributed by atoms with van der Waals surface area (Å²) in [5.41, 5.74) is 2.47.